The van der Waals surface area contributed by atoms with Crippen LogP contribution in [0.2, 0.25) is 0 Å². The van der Waals surface area contributed by atoms with Gasteiger partial charge in [0.25, 0.3) is 0 Å². The van der Waals surface area contributed by atoms with E-state index in [1.165, 1.54) is 116 Å². The number of hydrogen-bond acceptors (Lipinski definition) is 5. The molecule has 0 bridgehead atoms. The topological polar surface area (TPSA) is 95.9 Å². The number of unbranched alkanes of at least 4 members (excludes halogenated alkanes) is 23. The molecule has 3 atom stereocenters. The predicted octanol–water partition coefficient (Wildman–Crippen LogP) is 14.6. The second kappa shape index (κ2) is 46.4. The van der Waals surface area contributed by atoms with Crippen LogP contribution in [0.4, 0.5) is 0 Å². The van der Waals surface area contributed by atoms with Gasteiger partial charge >= 0.3 is 5.97 Å². The van der Waals surface area contributed by atoms with Gasteiger partial charge in [-0.05, 0) is 57.8 Å². The Bertz CT molecular complexity index is 1110. The fourth-order valence-corrected chi connectivity index (χ4v) is 7.14. The number of amides is 1. The molecule has 0 spiro atoms. The molecule has 0 rings (SSSR count). The summed E-state index contributed by atoms with van der Waals surface area (Å²) in [5.74, 6) is -0.561. The highest BCUT2D eigenvalue weighted by atomic mass is 16.5. The third-order valence-corrected chi connectivity index (χ3v) is 10.9. The molecule has 0 aliphatic heterocycles. The molecule has 3 unspecified atom stereocenters. The lowest BCUT2D eigenvalue weighted by atomic mass is 10.0. The Balaban J connectivity index is 4.64. The first-order valence-electron chi connectivity index (χ1n) is 24.7. The number of hydrogen-bond donors (Lipinski definition) is 3. The van der Waals surface area contributed by atoms with Crippen LogP contribution in [0.3, 0.4) is 0 Å². The maximum Gasteiger partial charge on any atom is 0.306 e. The first kappa shape index (κ1) is 56.3. The van der Waals surface area contributed by atoms with Crippen molar-refractivity contribution in [2.24, 2.45) is 0 Å². The number of esters is 1. The molecular formula is C53H93NO5. The van der Waals surface area contributed by atoms with Crippen molar-refractivity contribution in [3.63, 3.8) is 0 Å². The maximum atomic E-state index is 13.2. The second-order valence-corrected chi connectivity index (χ2v) is 16.6. The summed E-state index contributed by atoms with van der Waals surface area (Å²) in [6, 6.07) is -0.728. The third kappa shape index (κ3) is 41.8. The largest absolute Gasteiger partial charge is 0.462 e. The van der Waals surface area contributed by atoms with Gasteiger partial charge in [-0.3, -0.25) is 9.59 Å². The minimum Gasteiger partial charge on any atom is -0.462 e. The fourth-order valence-electron chi connectivity index (χ4n) is 7.14. The Morgan fingerprint density at radius 2 is 0.966 bits per heavy atom. The summed E-state index contributed by atoms with van der Waals surface area (Å²) < 4.78 is 5.87. The summed E-state index contributed by atoms with van der Waals surface area (Å²) >= 11 is 0. The molecule has 0 saturated heterocycles. The van der Waals surface area contributed by atoms with Crippen LogP contribution in [0, 0.1) is 0 Å². The molecule has 6 nitrogen and oxygen atoms in total. The molecule has 0 aliphatic rings. The normalized spacial score (nSPS) is 13.9. The number of carbonyl (C=O) groups excluding carboxylic acids is 2. The summed E-state index contributed by atoms with van der Waals surface area (Å²) in [5.41, 5.74) is 0. The smallest absolute Gasteiger partial charge is 0.306 e. The lowest BCUT2D eigenvalue weighted by Gasteiger charge is -2.24. The Hall–Kier alpha value is -2.70. The van der Waals surface area contributed by atoms with Crippen LogP contribution in [0.25, 0.3) is 0 Å². The molecule has 0 aliphatic carbocycles. The van der Waals surface area contributed by atoms with Crippen molar-refractivity contribution in [3.05, 3.63) is 72.9 Å². The highest BCUT2D eigenvalue weighted by Crippen LogP contribution is 2.17. The second-order valence-electron chi connectivity index (χ2n) is 16.6. The summed E-state index contributed by atoms with van der Waals surface area (Å²) in [5, 5.41) is 23.7. The highest BCUT2D eigenvalue weighted by Gasteiger charge is 2.24. The molecule has 0 aromatic rings. The van der Waals surface area contributed by atoms with Crippen LogP contribution in [0.1, 0.15) is 226 Å². The van der Waals surface area contributed by atoms with E-state index in [4.69, 9.17) is 4.74 Å². The zero-order valence-corrected chi connectivity index (χ0v) is 38.6. The van der Waals surface area contributed by atoms with Crippen molar-refractivity contribution in [3.8, 4) is 0 Å². The summed E-state index contributed by atoms with van der Waals surface area (Å²) in [4.78, 5) is 26.0. The zero-order valence-electron chi connectivity index (χ0n) is 38.6. The van der Waals surface area contributed by atoms with Gasteiger partial charge in [-0.25, -0.2) is 0 Å². The van der Waals surface area contributed by atoms with E-state index in [1.54, 1.807) is 0 Å². The Morgan fingerprint density at radius 1 is 0.508 bits per heavy atom. The van der Waals surface area contributed by atoms with Crippen LogP contribution in [0.15, 0.2) is 72.9 Å². The number of rotatable bonds is 43. The van der Waals surface area contributed by atoms with E-state index in [0.717, 1.165) is 64.2 Å². The molecule has 0 heterocycles. The van der Waals surface area contributed by atoms with E-state index in [2.05, 4.69) is 50.4 Å². The number of aliphatic hydroxyl groups excluding tert-OH is 2. The van der Waals surface area contributed by atoms with E-state index >= 15 is 0 Å². The predicted molar refractivity (Wildman–Crippen MR) is 255 cm³/mol. The van der Waals surface area contributed by atoms with Gasteiger partial charge in [-0.2, -0.15) is 0 Å². The van der Waals surface area contributed by atoms with Crippen LogP contribution in [-0.4, -0.2) is 46.9 Å². The van der Waals surface area contributed by atoms with Crippen LogP contribution in [0.5, 0.6) is 0 Å². The van der Waals surface area contributed by atoms with Gasteiger partial charge in [0.1, 0.15) is 6.10 Å². The number of carbonyl (C=O) groups is 2. The van der Waals surface area contributed by atoms with Crippen molar-refractivity contribution in [2.75, 3.05) is 6.61 Å². The molecule has 340 valence electrons. The van der Waals surface area contributed by atoms with Crippen molar-refractivity contribution in [1.29, 1.82) is 0 Å². The monoisotopic (exact) mass is 824 g/mol. The molecule has 0 aromatic heterocycles. The van der Waals surface area contributed by atoms with E-state index in [-0.39, 0.29) is 24.9 Å². The van der Waals surface area contributed by atoms with Crippen LogP contribution < -0.4 is 5.32 Å². The number of ether oxygens (including phenoxy) is 1. The van der Waals surface area contributed by atoms with E-state index in [0.29, 0.717) is 19.3 Å². The fraction of sp³-hybridized carbons (Fsp3) is 0.736. The number of nitrogens with one attached hydrogen (secondary N) is 1. The van der Waals surface area contributed by atoms with Crippen LogP contribution >= 0.6 is 0 Å². The SMILES string of the molecule is CC/C=C/C=C/C=C\C=C/C=C/CCCC(CC(=O)NC(CO)C(O)CCCCCCCCCCCCCCCCCC)OC(=O)CCCCCCC/C=C\CCCC. The Kier molecular flexibility index (Phi) is 44.2. The van der Waals surface area contributed by atoms with E-state index in [1.807, 2.05) is 48.6 Å². The van der Waals surface area contributed by atoms with Crippen molar-refractivity contribution < 1.29 is 24.5 Å². The van der Waals surface area contributed by atoms with Gasteiger partial charge < -0.3 is 20.3 Å². The molecule has 0 radical (unpaired) electrons. The maximum absolute atomic E-state index is 13.2. The first-order valence-corrected chi connectivity index (χ1v) is 24.7. The molecule has 0 fully saturated rings. The van der Waals surface area contributed by atoms with Gasteiger partial charge in [0, 0.05) is 6.42 Å². The van der Waals surface area contributed by atoms with Crippen molar-refractivity contribution >= 4 is 11.9 Å². The molecule has 59 heavy (non-hydrogen) atoms. The minimum atomic E-state index is -0.810. The standard InChI is InChI=1S/C53H93NO5/c1-4-7-10-13-16-19-22-24-25-26-28-31-33-36-39-42-45-51(56)50(48-55)54-52(57)47-49(44-41-38-35-32-30-27-23-20-17-14-11-8-5-2)59-53(58)46-43-40-37-34-29-21-18-15-12-9-6-3/h8,11,14-15,17-18,20,23,27,30,32,35,49-51,55-56H,4-7,9-10,12-13,16,19,21-22,24-26,28-29,31,33-34,36-48H2,1-3H3,(H,54,57)/b11-8+,17-14+,18-15-,23-20-,30-27-,35-32+. The zero-order chi connectivity index (χ0) is 43.1. The van der Waals surface area contributed by atoms with Gasteiger partial charge in [-0.15, -0.1) is 0 Å². The van der Waals surface area contributed by atoms with Crippen molar-refractivity contribution in [1.82, 2.24) is 5.32 Å². The average Bonchev–Trinajstić information content (AvgIpc) is 3.23. The molecular weight excluding hydrogens is 731 g/mol. The summed E-state index contributed by atoms with van der Waals surface area (Å²) in [6.45, 7) is 6.27. The third-order valence-electron chi connectivity index (χ3n) is 10.9. The number of allylic oxidation sites excluding steroid dienone is 12. The summed E-state index contributed by atoms with van der Waals surface area (Å²) in [6.07, 6.45) is 58.2. The number of aliphatic hydroxyl groups is 2. The molecule has 0 aromatic carbocycles. The average molecular weight is 824 g/mol. The molecule has 0 saturated carbocycles. The van der Waals surface area contributed by atoms with Crippen LogP contribution in [-0.2, 0) is 14.3 Å². The highest BCUT2D eigenvalue weighted by molar-refractivity contribution is 5.77. The molecule has 1 amide bonds. The molecule has 6 heteroatoms. The lowest BCUT2D eigenvalue weighted by Crippen LogP contribution is -2.46. The lowest BCUT2D eigenvalue weighted by molar-refractivity contribution is -0.151. The van der Waals surface area contributed by atoms with Gasteiger partial charge in [0.2, 0.25) is 5.91 Å². The van der Waals surface area contributed by atoms with Gasteiger partial charge in [0.05, 0.1) is 25.2 Å². The van der Waals surface area contributed by atoms with Crippen molar-refractivity contribution in [2.45, 2.75) is 244 Å². The first-order chi connectivity index (χ1) is 29.0. The molecule has 3 N–H and O–H groups in total. The van der Waals surface area contributed by atoms with E-state index in [9.17, 15) is 19.8 Å². The quantitative estimate of drug-likeness (QED) is 0.0246. The minimum absolute atomic E-state index is 0.0230. The van der Waals surface area contributed by atoms with Gasteiger partial charge in [-0.1, -0.05) is 229 Å². The Morgan fingerprint density at radius 3 is 1.51 bits per heavy atom. The van der Waals surface area contributed by atoms with E-state index < -0.39 is 18.2 Å². The van der Waals surface area contributed by atoms with Gasteiger partial charge in [0.15, 0.2) is 0 Å². The summed E-state index contributed by atoms with van der Waals surface area (Å²) in [7, 11) is 0. The Labute approximate surface area is 364 Å².